The van der Waals surface area contributed by atoms with Crippen LogP contribution in [0.4, 0.5) is 0 Å². The average Bonchev–Trinajstić information content (AvgIpc) is 2.58. The third-order valence-corrected chi connectivity index (χ3v) is 4.70. The number of amides is 1. The van der Waals surface area contributed by atoms with E-state index in [2.05, 4.69) is 17.1 Å². The van der Waals surface area contributed by atoms with Crippen molar-refractivity contribution in [2.75, 3.05) is 18.1 Å². The van der Waals surface area contributed by atoms with E-state index in [1.54, 1.807) is 0 Å². The Balaban J connectivity index is 1.93. The van der Waals surface area contributed by atoms with Gasteiger partial charge in [0.2, 0.25) is 5.91 Å². The number of nitrogens with zero attached hydrogens (tertiary/aromatic N) is 1. The summed E-state index contributed by atoms with van der Waals surface area (Å²) in [5.74, 6) is 3.57. The predicted molar refractivity (Wildman–Crippen MR) is 68.4 cm³/mol. The molecule has 1 N–H and O–H groups in total. The lowest BCUT2D eigenvalue weighted by Gasteiger charge is -2.30. The molecule has 0 aliphatic carbocycles. The second-order valence-electron chi connectivity index (χ2n) is 4.86. The molecule has 0 aromatic rings. The number of thioether (sulfide) groups is 1. The van der Waals surface area contributed by atoms with Crippen LogP contribution < -0.4 is 5.32 Å². The zero-order valence-electron chi connectivity index (χ0n) is 10.2. The Kier molecular flexibility index (Phi) is 4.14. The molecule has 2 aliphatic rings. The standard InChI is InChI=1S/C12H22N2OS/c1-3-11-13-9(2)12(15)14(11)8-10-4-6-16-7-5-10/h9-11,13H,3-8H2,1-2H3. The van der Waals surface area contributed by atoms with Crippen molar-refractivity contribution in [2.24, 2.45) is 5.92 Å². The summed E-state index contributed by atoms with van der Waals surface area (Å²) in [6.07, 6.45) is 3.84. The molecule has 2 saturated heterocycles. The molecule has 0 radical (unpaired) electrons. The van der Waals surface area contributed by atoms with Crippen molar-refractivity contribution in [1.29, 1.82) is 0 Å². The molecule has 4 heteroatoms. The Labute approximate surface area is 102 Å². The highest BCUT2D eigenvalue weighted by Gasteiger charge is 2.36. The summed E-state index contributed by atoms with van der Waals surface area (Å²) < 4.78 is 0. The SMILES string of the molecule is CCC1NC(C)C(=O)N1CC1CCSCC1. The van der Waals surface area contributed by atoms with Gasteiger partial charge in [-0.3, -0.25) is 10.1 Å². The van der Waals surface area contributed by atoms with Crippen molar-refractivity contribution in [2.45, 2.75) is 45.3 Å². The number of hydrogen-bond donors (Lipinski definition) is 1. The van der Waals surface area contributed by atoms with E-state index in [4.69, 9.17) is 0 Å². The van der Waals surface area contributed by atoms with Crippen molar-refractivity contribution < 1.29 is 4.79 Å². The Hall–Kier alpha value is -0.220. The van der Waals surface area contributed by atoms with Crippen LogP contribution >= 0.6 is 11.8 Å². The monoisotopic (exact) mass is 242 g/mol. The topological polar surface area (TPSA) is 32.3 Å². The zero-order chi connectivity index (χ0) is 11.5. The molecule has 2 fully saturated rings. The van der Waals surface area contributed by atoms with Crippen LogP contribution in [0.5, 0.6) is 0 Å². The molecule has 16 heavy (non-hydrogen) atoms. The number of carbonyl (C=O) groups excluding carboxylic acids is 1. The molecule has 0 aromatic carbocycles. The van der Waals surface area contributed by atoms with Gasteiger partial charge in [0, 0.05) is 6.54 Å². The third kappa shape index (κ3) is 2.54. The summed E-state index contributed by atoms with van der Waals surface area (Å²) in [5, 5.41) is 3.36. The fourth-order valence-electron chi connectivity index (χ4n) is 2.61. The summed E-state index contributed by atoms with van der Waals surface area (Å²) in [4.78, 5) is 14.1. The lowest BCUT2D eigenvalue weighted by molar-refractivity contribution is -0.130. The van der Waals surface area contributed by atoms with Crippen LogP contribution in [0.3, 0.4) is 0 Å². The molecule has 2 atom stereocenters. The smallest absolute Gasteiger partial charge is 0.240 e. The minimum absolute atomic E-state index is 0.0166. The molecule has 2 heterocycles. The number of hydrogen-bond acceptors (Lipinski definition) is 3. The van der Waals surface area contributed by atoms with Gasteiger partial charge in [0.15, 0.2) is 0 Å². The summed E-state index contributed by atoms with van der Waals surface area (Å²) >= 11 is 2.05. The highest BCUT2D eigenvalue weighted by Crippen LogP contribution is 2.25. The lowest BCUT2D eigenvalue weighted by Crippen LogP contribution is -2.40. The Morgan fingerprint density at radius 3 is 2.75 bits per heavy atom. The first-order valence-corrected chi connectivity index (χ1v) is 7.52. The van der Waals surface area contributed by atoms with Gasteiger partial charge in [-0.2, -0.15) is 11.8 Å². The van der Waals surface area contributed by atoms with E-state index < -0.39 is 0 Å². The predicted octanol–water partition coefficient (Wildman–Crippen LogP) is 1.69. The molecule has 0 saturated carbocycles. The summed E-state index contributed by atoms with van der Waals surface area (Å²) in [6.45, 7) is 5.09. The van der Waals surface area contributed by atoms with Crippen LogP contribution in [0.25, 0.3) is 0 Å². The Morgan fingerprint density at radius 2 is 2.12 bits per heavy atom. The number of rotatable bonds is 3. The first-order valence-electron chi connectivity index (χ1n) is 6.36. The van der Waals surface area contributed by atoms with Gasteiger partial charge >= 0.3 is 0 Å². The normalized spacial score (nSPS) is 32.4. The Bertz CT molecular complexity index is 253. The fraction of sp³-hybridized carbons (Fsp3) is 0.917. The summed E-state index contributed by atoms with van der Waals surface area (Å²) in [5.41, 5.74) is 0. The quantitative estimate of drug-likeness (QED) is 0.817. The van der Waals surface area contributed by atoms with E-state index in [9.17, 15) is 4.79 Å². The van der Waals surface area contributed by atoms with Crippen LogP contribution in [0.2, 0.25) is 0 Å². The molecule has 3 nitrogen and oxygen atoms in total. The molecule has 2 aliphatic heterocycles. The highest BCUT2D eigenvalue weighted by molar-refractivity contribution is 7.99. The van der Waals surface area contributed by atoms with Crippen molar-refractivity contribution in [3.05, 3.63) is 0 Å². The number of carbonyl (C=O) groups is 1. The molecule has 2 rings (SSSR count). The van der Waals surface area contributed by atoms with Gasteiger partial charge in [0.25, 0.3) is 0 Å². The molecule has 0 spiro atoms. The van der Waals surface area contributed by atoms with Crippen LogP contribution in [-0.2, 0) is 4.79 Å². The largest absolute Gasteiger partial charge is 0.326 e. The maximum Gasteiger partial charge on any atom is 0.240 e. The van der Waals surface area contributed by atoms with Gasteiger partial charge in [0.1, 0.15) is 0 Å². The first kappa shape index (κ1) is 12.2. The maximum absolute atomic E-state index is 12.0. The zero-order valence-corrected chi connectivity index (χ0v) is 11.1. The summed E-state index contributed by atoms with van der Waals surface area (Å²) in [7, 11) is 0. The average molecular weight is 242 g/mol. The summed E-state index contributed by atoms with van der Waals surface area (Å²) in [6, 6.07) is 0.0166. The second kappa shape index (κ2) is 5.41. The lowest BCUT2D eigenvalue weighted by atomic mass is 10.0. The van der Waals surface area contributed by atoms with Crippen LogP contribution in [-0.4, -0.2) is 41.1 Å². The van der Waals surface area contributed by atoms with Gasteiger partial charge in [-0.1, -0.05) is 6.92 Å². The van der Waals surface area contributed by atoms with Crippen LogP contribution in [0.15, 0.2) is 0 Å². The Morgan fingerprint density at radius 1 is 1.44 bits per heavy atom. The van der Waals surface area contributed by atoms with E-state index in [1.807, 2.05) is 18.7 Å². The molecule has 0 bridgehead atoms. The van der Waals surface area contributed by atoms with Crippen LogP contribution in [0, 0.1) is 5.92 Å². The van der Waals surface area contributed by atoms with Gasteiger partial charge < -0.3 is 4.90 Å². The molecule has 92 valence electrons. The maximum atomic E-state index is 12.0. The van der Waals surface area contributed by atoms with Gasteiger partial charge in [-0.15, -0.1) is 0 Å². The van der Waals surface area contributed by atoms with E-state index in [0.29, 0.717) is 5.91 Å². The second-order valence-corrected chi connectivity index (χ2v) is 6.08. The molecular formula is C12H22N2OS. The van der Waals surface area contributed by atoms with Gasteiger partial charge in [0.05, 0.1) is 12.2 Å². The molecule has 0 aromatic heterocycles. The first-order chi connectivity index (χ1) is 7.72. The molecular weight excluding hydrogens is 220 g/mol. The van der Waals surface area contributed by atoms with Crippen molar-refractivity contribution in [3.8, 4) is 0 Å². The van der Waals surface area contributed by atoms with Gasteiger partial charge in [-0.05, 0) is 43.6 Å². The molecule has 2 unspecified atom stereocenters. The minimum Gasteiger partial charge on any atom is -0.326 e. The van der Waals surface area contributed by atoms with Crippen molar-refractivity contribution >= 4 is 17.7 Å². The van der Waals surface area contributed by atoms with Crippen molar-refractivity contribution in [3.63, 3.8) is 0 Å². The highest BCUT2D eigenvalue weighted by atomic mass is 32.2. The minimum atomic E-state index is 0.0166. The fourth-order valence-corrected chi connectivity index (χ4v) is 3.82. The van der Waals surface area contributed by atoms with Crippen molar-refractivity contribution in [1.82, 2.24) is 10.2 Å². The van der Waals surface area contributed by atoms with E-state index >= 15 is 0 Å². The third-order valence-electron chi connectivity index (χ3n) is 3.65. The molecule has 1 amide bonds. The number of nitrogens with one attached hydrogen (secondary N) is 1. The van der Waals surface area contributed by atoms with Gasteiger partial charge in [-0.25, -0.2) is 0 Å². The van der Waals surface area contributed by atoms with Crippen LogP contribution in [0.1, 0.15) is 33.1 Å². The van der Waals surface area contributed by atoms with E-state index in [0.717, 1.165) is 18.9 Å². The van der Waals surface area contributed by atoms with E-state index in [1.165, 1.54) is 24.3 Å². The van der Waals surface area contributed by atoms with E-state index in [-0.39, 0.29) is 12.2 Å².